The second-order valence-electron chi connectivity index (χ2n) is 6.14. The Hall–Kier alpha value is -2.01. The summed E-state index contributed by atoms with van der Waals surface area (Å²) in [7, 11) is 0. The van der Waals surface area contributed by atoms with E-state index >= 15 is 0 Å². The molecule has 23 heavy (non-hydrogen) atoms. The summed E-state index contributed by atoms with van der Waals surface area (Å²) in [5.41, 5.74) is 0.752. The summed E-state index contributed by atoms with van der Waals surface area (Å²) in [6.07, 6.45) is 5.78. The molecule has 1 saturated carbocycles. The molecule has 0 atom stereocenters. The summed E-state index contributed by atoms with van der Waals surface area (Å²) < 4.78 is 12.1. The van der Waals surface area contributed by atoms with E-state index in [2.05, 4.69) is 5.32 Å². The van der Waals surface area contributed by atoms with Crippen LogP contribution in [-0.2, 0) is 11.2 Å². The highest BCUT2D eigenvalue weighted by Crippen LogP contribution is 2.46. The number of thiophene rings is 1. The molecule has 1 aliphatic heterocycles. The lowest BCUT2D eigenvalue weighted by atomic mass is 9.94. The molecule has 4 nitrogen and oxygen atoms in total. The van der Waals surface area contributed by atoms with Crippen LogP contribution in [0.25, 0.3) is 0 Å². The van der Waals surface area contributed by atoms with Gasteiger partial charge in [0.25, 0.3) is 5.79 Å². The van der Waals surface area contributed by atoms with Gasteiger partial charge in [-0.25, -0.2) is 0 Å². The summed E-state index contributed by atoms with van der Waals surface area (Å²) in [5, 5.41) is 4.91. The monoisotopic (exact) mass is 329 g/mol. The number of hydrogen-bond acceptors (Lipinski definition) is 4. The molecular weight excluding hydrogens is 310 g/mol. The van der Waals surface area contributed by atoms with Crippen molar-refractivity contribution < 1.29 is 14.3 Å². The second kappa shape index (κ2) is 5.89. The van der Waals surface area contributed by atoms with E-state index in [0.717, 1.165) is 47.7 Å². The molecule has 1 fully saturated rings. The number of benzene rings is 1. The van der Waals surface area contributed by atoms with Gasteiger partial charge in [0.1, 0.15) is 0 Å². The first kappa shape index (κ1) is 14.6. The fourth-order valence-electron chi connectivity index (χ4n) is 3.24. The van der Waals surface area contributed by atoms with Crippen LogP contribution in [0.2, 0.25) is 0 Å². The van der Waals surface area contributed by atoms with E-state index in [1.807, 2.05) is 35.7 Å². The first-order valence-electron chi connectivity index (χ1n) is 8.07. The number of carbonyl (C=O) groups is 1. The van der Waals surface area contributed by atoms with E-state index in [0.29, 0.717) is 6.42 Å². The van der Waals surface area contributed by atoms with Crippen LogP contribution >= 0.6 is 11.3 Å². The predicted octanol–water partition coefficient (Wildman–Crippen LogP) is 4.36. The zero-order valence-electron chi connectivity index (χ0n) is 12.8. The Bertz CT molecular complexity index is 705. The van der Waals surface area contributed by atoms with Crippen LogP contribution in [0.15, 0.2) is 35.7 Å². The Kier molecular flexibility index (Phi) is 3.73. The minimum Gasteiger partial charge on any atom is -0.448 e. The normalized spacial score (nSPS) is 18.1. The first-order chi connectivity index (χ1) is 11.2. The highest BCUT2D eigenvalue weighted by Gasteiger charge is 2.42. The van der Waals surface area contributed by atoms with Gasteiger partial charge in [-0.15, -0.1) is 11.3 Å². The highest BCUT2D eigenvalue weighted by molar-refractivity contribution is 7.10. The van der Waals surface area contributed by atoms with Gasteiger partial charge in [-0.1, -0.05) is 12.5 Å². The minimum absolute atomic E-state index is 0.0151. The summed E-state index contributed by atoms with van der Waals surface area (Å²) in [6, 6.07) is 9.55. The lowest BCUT2D eigenvalue weighted by molar-refractivity contribution is -0.115. The minimum atomic E-state index is -0.472. The van der Waals surface area contributed by atoms with Gasteiger partial charge < -0.3 is 14.8 Å². The van der Waals surface area contributed by atoms with Gasteiger partial charge in [0.05, 0.1) is 6.42 Å². The maximum Gasteiger partial charge on any atom is 0.251 e. The molecule has 0 bridgehead atoms. The summed E-state index contributed by atoms with van der Waals surface area (Å²) in [5.74, 6) is 1.03. The molecule has 4 rings (SSSR count). The fourth-order valence-corrected chi connectivity index (χ4v) is 3.95. The third kappa shape index (κ3) is 3.06. The Labute approximate surface area is 139 Å². The van der Waals surface area contributed by atoms with Crippen molar-refractivity contribution in [2.75, 3.05) is 5.32 Å². The molecule has 2 aromatic rings. The molecule has 120 valence electrons. The Balaban J connectivity index is 1.44. The van der Waals surface area contributed by atoms with Crippen LogP contribution in [0.4, 0.5) is 5.69 Å². The SMILES string of the molecule is O=C(Cc1cccs1)Nc1ccc2c(c1)OC1(CCCCC1)O2. The van der Waals surface area contributed by atoms with Crippen molar-refractivity contribution in [1.29, 1.82) is 0 Å². The molecule has 2 aliphatic rings. The number of fused-ring (bicyclic) bond motifs is 1. The van der Waals surface area contributed by atoms with Gasteiger partial charge in [0.15, 0.2) is 11.5 Å². The zero-order valence-corrected chi connectivity index (χ0v) is 13.7. The number of amides is 1. The number of ether oxygens (including phenoxy) is 2. The molecule has 5 heteroatoms. The number of hydrogen-bond donors (Lipinski definition) is 1. The largest absolute Gasteiger partial charge is 0.448 e. The van der Waals surface area contributed by atoms with Crippen molar-refractivity contribution in [3.8, 4) is 11.5 Å². The van der Waals surface area contributed by atoms with Crippen LogP contribution < -0.4 is 14.8 Å². The molecule has 0 radical (unpaired) electrons. The smallest absolute Gasteiger partial charge is 0.251 e. The van der Waals surface area contributed by atoms with Gasteiger partial charge in [-0.3, -0.25) is 4.79 Å². The average molecular weight is 329 g/mol. The van der Waals surface area contributed by atoms with Crippen molar-refractivity contribution in [3.05, 3.63) is 40.6 Å². The standard InChI is InChI=1S/C18H19NO3S/c20-17(12-14-5-4-10-23-14)19-13-6-7-15-16(11-13)22-18(21-15)8-2-1-3-9-18/h4-7,10-11H,1-3,8-9,12H2,(H,19,20). The lowest BCUT2D eigenvalue weighted by Gasteiger charge is -2.31. The zero-order chi connectivity index (χ0) is 15.7. The maximum atomic E-state index is 12.1. The van der Waals surface area contributed by atoms with E-state index in [9.17, 15) is 4.79 Å². The van der Waals surface area contributed by atoms with Crippen LogP contribution in [0, 0.1) is 0 Å². The predicted molar refractivity (Wildman–Crippen MR) is 90.2 cm³/mol. The van der Waals surface area contributed by atoms with E-state index < -0.39 is 5.79 Å². The van der Waals surface area contributed by atoms with E-state index in [4.69, 9.17) is 9.47 Å². The van der Waals surface area contributed by atoms with Crippen molar-refractivity contribution in [2.24, 2.45) is 0 Å². The van der Waals surface area contributed by atoms with Gasteiger partial charge in [0, 0.05) is 29.5 Å². The van der Waals surface area contributed by atoms with Crippen molar-refractivity contribution in [2.45, 2.75) is 44.3 Å². The van der Waals surface area contributed by atoms with Crippen molar-refractivity contribution in [3.63, 3.8) is 0 Å². The van der Waals surface area contributed by atoms with Crippen molar-refractivity contribution in [1.82, 2.24) is 0 Å². The quantitative estimate of drug-likeness (QED) is 0.910. The lowest BCUT2D eigenvalue weighted by Crippen LogP contribution is -2.40. The van der Waals surface area contributed by atoms with Crippen LogP contribution in [0.3, 0.4) is 0 Å². The summed E-state index contributed by atoms with van der Waals surface area (Å²) >= 11 is 1.59. The highest BCUT2D eigenvalue weighted by atomic mass is 32.1. The first-order valence-corrected chi connectivity index (χ1v) is 8.95. The molecule has 2 heterocycles. The molecule has 0 saturated heterocycles. The summed E-state index contributed by atoms with van der Waals surface area (Å²) in [4.78, 5) is 13.2. The second-order valence-corrected chi connectivity index (χ2v) is 7.17. The molecule has 1 aromatic carbocycles. The average Bonchev–Trinajstić information content (AvgIpc) is 3.15. The van der Waals surface area contributed by atoms with E-state index in [-0.39, 0.29) is 5.91 Å². The molecule has 1 amide bonds. The fraction of sp³-hybridized carbons (Fsp3) is 0.389. The number of rotatable bonds is 3. The third-order valence-corrected chi connectivity index (χ3v) is 5.23. The molecular formula is C18H19NO3S. The number of nitrogens with one attached hydrogen (secondary N) is 1. The van der Waals surface area contributed by atoms with Gasteiger partial charge in [0.2, 0.25) is 5.91 Å². The van der Waals surface area contributed by atoms with Crippen molar-refractivity contribution >= 4 is 22.9 Å². The molecule has 0 unspecified atom stereocenters. The topological polar surface area (TPSA) is 47.6 Å². The Morgan fingerprint density at radius 2 is 1.96 bits per heavy atom. The van der Waals surface area contributed by atoms with Gasteiger partial charge in [-0.2, -0.15) is 0 Å². The molecule has 1 N–H and O–H groups in total. The third-order valence-electron chi connectivity index (χ3n) is 4.35. The molecule has 1 aromatic heterocycles. The van der Waals surface area contributed by atoms with E-state index in [1.54, 1.807) is 11.3 Å². The van der Waals surface area contributed by atoms with Crippen LogP contribution in [0.1, 0.15) is 37.0 Å². The maximum absolute atomic E-state index is 12.1. The number of anilines is 1. The van der Waals surface area contributed by atoms with Crippen LogP contribution in [-0.4, -0.2) is 11.7 Å². The number of carbonyl (C=O) groups excluding carboxylic acids is 1. The van der Waals surface area contributed by atoms with E-state index in [1.165, 1.54) is 6.42 Å². The Morgan fingerprint density at radius 1 is 1.13 bits per heavy atom. The van der Waals surface area contributed by atoms with Gasteiger partial charge >= 0.3 is 0 Å². The van der Waals surface area contributed by atoms with Gasteiger partial charge in [-0.05, 0) is 36.4 Å². The molecule has 1 aliphatic carbocycles. The van der Waals surface area contributed by atoms with Crippen LogP contribution in [0.5, 0.6) is 11.5 Å². The molecule has 1 spiro atoms. The Morgan fingerprint density at radius 3 is 2.74 bits per heavy atom. The summed E-state index contributed by atoms with van der Waals surface area (Å²) in [6.45, 7) is 0.